The minimum atomic E-state index is -4.59. The van der Waals surface area contributed by atoms with Crippen LogP contribution in [0.1, 0.15) is 62.3 Å². The highest BCUT2D eigenvalue weighted by Crippen LogP contribution is 2.57. The monoisotopic (exact) mass is 497 g/mol. The number of nitrogens with zero attached hydrogens (tertiary/aromatic N) is 1. The van der Waals surface area contributed by atoms with E-state index >= 15 is 0 Å². The molecule has 5 nitrogen and oxygen atoms in total. The number of para-hydroxylation sites is 1. The molecule has 6 rings (SSSR count). The van der Waals surface area contributed by atoms with Gasteiger partial charge in [0.05, 0.1) is 6.54 Å². The number of benzene rings is 2. The molecule has 0 fully saturated rings. The molecule has 4 heterocycles. The van der Waals surface area contributed by atoms with Gasteiger partial charge in [-0.2, -0.15) is 13.2 Å². The summed E-state index contributed by atoms with van der Waals surface area (Å²) in [6.07, 6.45) is -3.51. The molecule has 3 aliphatic heterocycles. The lowest BCUT2D eigenvalue weighted by Crippen LogP contribution is -2.50. The number of halogens is 3. The van der Waals surface area contributed by atoms with Crippen molar-refractivity contribution in [2.24, 2.45) is 0 Å². The van der Waals surface area contributed by atoms with Crippen molar-refractivity contribution in [2.75, 3.05) is 4.90 Å². The van der Waals surface area contributed by atoms with Crippen molar-refractivity contribution < 1.29 is 31.9 Å². The zero-order valence-electron chi connectivity index (χ0n) is 20.5. The van der Waals surface area contributed by atoms with E-state index in [0.717, 1.165) is 28.5 Å². The first-order chi connectivity index (χ1) is 16.8. The fourth-order valence-electron chi connectivity index (χ4n) is 6.00. The SMILES string of the molecule is CC1(C)Cc2cc3c(cc2O1)OC(C)(C)CC31C(=O)N(Cc2ccc(C(F)(F)F)o2)c2ccccc21. The van der Waals surface area contributed by atoms with Gasteiger partial charge in [-0.3, -0.25) is 4.79 Å². The van der Waals surface area contributed by atoms with E-state index in [1.807, 2.05) is 64.1 Å². The third-order valence-corrected chi connectivity index (χ3v) is 7.22. The van der Waals surface area contributed by atoms with E-state index in [9.17, 15) is 18.0 Å². The number of carbonyl (C=O) groups excluding carboxylic acids is 1. The van der Waals surface area contributed by atoms with Crippen molar-refractivity contribution in [3.8, 4) is 11.5 Å². The molecule has 0 N–H and O–H groups in total. The highest BCUT2D eigenvalue weighted by atomic mass is 19.4. The first-order valence-electron chi connectivity index (χ1n) is 11.9. The molecule has 3 aromatic rings. The van der Waals surface area contributed by atoms with E-state index in [4.69, 9.17) is 13.9 Å². The van der Waals surface area contributed by atoms with Crippen LogP contribution in [0.3, 0.4) is 0 Å². The number of anilines is 1. The Labute approximate surface area is 206 Å². The number of hydrogen-bond acceptors (Lipinski definition) is 4. The first kappa shape index (κ1) is 23.0. The van der Waals surface area contributed by atoms with Crippen LogP contribution < -0.4 is 14.4 Å². The van der Waals surface area contributed by atoms with Crippen molar-refractivity contribution >= 4 is 11.6 Å². The molecule has 0 bridgehead atoms. The Morgan fingerprint density at radius 2 is 1.64 bits per heavy atom. The van der Waals surface area contributed by atoms with Crippen molar-refractivity contribution in [1.82, 2.24) is 0 Å². The highest BCUT2D eigenvalue weighted by molar-refractivity contribution is 6.11. The third kappa shape index (κ3) is 3.33. The topological polar surface area (TPSA) is 51.9 Å². The minimum Gasteiger partial charge on any atom is -0.487 e. The lowest BCUT2D eigenvalue weighted by Gasteiger charge is -2.43. The van der Waals surface area contributed by atoms with Crippen LogP contribution in [0.5, 0.6) is 11.5 Å². The molecule has 0 radical (unpaired) electrons. The first-order valence-corrected chi connectivity index (χ1v) is 11.9. The Balaban J connectivity index is 1.50. The molecule has 3 aliphatic rings. The van der Waals surface area contributed by atoms with Crippen LogP contribution in [0.15, 0.2) is 52.9 Å². The molecule has 0 aliphatic carbocycles. The molecular formula is C28H26F3NO4. The standard InChI is InChI=1S/C28H26F3NO4/c1-25(2)13-16-11-19-22(12-21(16)35-25)36-26(3,4)15-27(19)18-7-5-6-8-20(18)32(24(27)33)14-17-9-10-23(34-17)28(29,30)31/h5-12H,13-15H2,1-4H3. The molecule has 1 amide bonds. The van der Waals surface area contributed by atoms with E-state index in [1.165, 1.54) is 11.0 Å². The predicted molar refractivity (Wildman–Crippen MR) is 126 cm³/mol. The fraction of sp³-hybridized carbons (Fsp3) is 0.393. The number of furan rings is 1. The van der Waals surface area contributed by atoms with Crippen molar-refractivity contribution in [3.63, 3.8) is 0 Å². The molecular weight excluding hydrogens is 471 g/mol. The average molecular weight is 498 g/mol. The molecule has 2 aromatic carbocycles. The van der Waals surface area contributed by atoms with Gasteiger partial charge < -0.3 is 18.8 Å². The Kier molecular flexibility index (Phi) is 4.53. The molecule has 1 unspecified atom stereocenters. The summed E-state index contributed by atoms with van der Waals surface area (Å²) < 4.78 is 57.0. The fourth-order valence-corrected chi connectivity index (χ4v) is 6.00. The summed E-state index contributed by atoms with van der Waals surface area (Å²) in [5.74, 6) is 0.118. The summed E-state index contributed by atoms with van der Waals surface area (Å²) in [5, 5.41) is 0. The van der Waals surface area contributed by atoms with Crippen LogP contribution in [0.2, 0.25) is 0 Å². The molecule has 36 heavy (non-hydrogen) atoms. The van der Waals surface area contributed by atoms with Crippen molar-refractivity contribution in [1.29, 1.82) is 0 Å². The maximum Gasteiger partial charge on any atom is 0.449 e. The van der Waals surface area contributed by atoms with Crippen LogP contribution in [0, 0.1) is 0 Å². The summed E-state index contributed by atoms with van der Waals surface area (Å²) in [5.41, 5.74) is 1.15. The van der Waals surface area contributed by atoms with Gasteiger partial charge in [0.15, 0.2) is 0 Å². The van der Waals surface area contributed by atoms with Gasteiger partial charge in [-0.1, -0.05) is 18.2 Å². The summed E-state index contributed by atoms with van der Waals surface area (Å²) in [6, 6.07) is 13.5. The maximum absolute atomic E-state index is 14.4. The highest BCUT2D eigenvalue weighted by Gasteiger charge is 2.58. The van der Waals surface area contributed by atoms with E-state index in [2.05, 4.69) is 0 Å². The normalized spacial score (nSPS) is 23.2. The second-order valence-corrected chi connectivity index (χ2v) is 11.1. The molecule has 1 aromatic heterocycles. The molecule has 188 valence electrons. The second kappa shape index (κ2) is 7.08. The summed E-state index contributed by atoms with van der Waals surface area (Å²) in [7, 11) is 0. The quantitative estimate of drug-likeness (QED) is 0.411. The molecule has 0 saturated carbocycles. The minimum absolute atomic E-state index is 0.0678. The lowest BCUT2D eigenvalue weighted by molar-refractivity contribution is -0.153. The third-order valence-electron chi connectivity index (χ3n) is 7.22. The Morgan fingerprint density at radius 3 is 2.36 bits per heavy atom. The predicted octanol–water partition coefficient (Wildman–Crippen LogP) is 6.41. The van der Waals surface area contributed by atoms with Gasteiger partial charge in [0.2, 0.25) is 11.7 Å². The summed E-state index contributed by atoms with van der Waals surface area (Å²) >= 11 is 0. The van der Waals surface area contributed by atoms with E-state index < -0.39 is 23.0 Å². The van der Waals surface area contributed by atoms with Crippen LogP contribution >= 0.6 is 0 Å². The summed E-state index contributed by atoms with van der Waals surface area (Å²) in [6.45, 7) is 7.81. The van der Waals surface area contributed by atoms with Gasteiger partial charge in [0, 0.05) is 30.2 Å². The van der Waals surface area contributed by atoms with E-state index in [1.54, 1.807) is 0 Å². The number of rotatable bonds is 2. The lowest BCUT2D eigenvalue weighted by atomic mass is 9.66. The van der Waals surface area contributed by atoms with Gasteiger partial charge in [0.25, 0.3) is 0 Å². The van der Waals surface area contributed by atoms with Crippen LogP contribution in [0.4, 0.5) is 18.9 Å². The van der Waals surface area contributed by atoms with Gasteiger partial charge >= 0.3 is 6.18 Å². The molecule has 0 saturated heterocycles. The number of fused-ring (bicyclic) bond motifs is 5. The Morgan fingerprint density at radius 1 is 0.917 bits per heavy atom. The van der Waals surface area contributed by atoms with Gasteiger partial charge in [-0.15, -0.1) is 0 Å². The van der Waals surface area contributed by atoms with Crippen molar-refractivity contribution in [2.45, 2.75) is 69.9 Å². The zero-order chi connectivity index (χ0) is 25.7. The largest absolute Gasteiger partial charge is 0.487 e. The zero-order valence-corrected chi connectivity index (χ0v) is 20.5. The molecule has 1 atom stereocenters. The second-order valence-electron chi connectivity index (χ2n) is 11.1. The van der Waals surface area contributed by atoms with Gasteiger partial charge in [-0.05, 0) is 63.1 Å². The number of carbonyl (C=O) groups is 1. The number of alkyl halides is 3. The van der Waals surface area contributed by atoms with Crippen LogP contribution in [0.25, 0.3) is 0 Å². The van der Waals surface area contributed by atoms with Gasteiger partial charge in [0.1, 0.15) is 33.9 Å². The number of amides is 1. The van der Waals surface area contributed by atoms with Crippen molar-refractivity contribution in [3.05, 3.63) is 76.7 Å². The van der Waals surface area contributed by atoms with Crippen LogP contribution in [-0.4, -0.2) is 17.1 Å². The van der Waals surface area contributed by atoms with Crippen LogP contribution in [-0.2, 0) is 29.4 Å². The summed E-state index contributed by atoms with van der Waals surface area (Å²) in [4.78, 5) is 15.9. The Hall–Kier alpha value is -3.42. The van der Waals surface area contributed by atoms with E-state index in [0.29, 0.717) is 24.3 Å². The number of ether oxygens (including phenoxy) is 2. The molecule has 8 heteroatoms. The Bertz CT molecular complexity index is 1400. The average Bonchev–Trinajstić information content (AvgIpc) is 3.42. The smallest absolute Gasteiger partial charge is 0.449 e. The number of hydrogen-bond donors (Lipinski definition) is 0. The van der Waals surface area contributed by atoms with E-state index in [-0.39, 0.29) is 23.8 Å². The molecule has 1 spiro atoms. The maximum atomic E-state index is 14.4. The van der Waals surface area contributed by atoms with Gasteiger partial charge in [-0.25, -0.2) is 0 Å².